The SMILES string of the molecule is CC(=O)Nc1ccc(C(=C(Cl)c2ccccc2)c2ccccc2)cc1. The molecule has 3 rings (SSSR count). The number of hydrogen-bond donors (Lipinski definition) is 1. The van der Waals surface area contributed by atoms with E-state index in [0.29, 0.717) is 5.03 Å². The van der Waals surface area contributed by atoms with Gasteiger partial charge in [-0.15, -0.1) is 0 Å². The van der Waals surface area contributed by atoms with E-state index in [1.807, 2.05) is 84.9 Å². The predicted octanol–water partition coefficient (Wildman–Crippen LogP) is 5.80. The molecule has 3 aromatic carbocycles. The normalized spacial score (nSPS) is 11.6. The Bertz CT molecular complexity index is 884. The van der Waals surface area contributed by atoms with Crippen LogP contribution in [0.4, 0.5) is 5.69 Å². The Morgan fingerprint density at radius 2 is 1.20 bits per heavy atom. The standard InChI is InChI=1S/C22H18ClNO/c1-16(25)24-20-14-12-18(13-15-20)21(17-8-4-2-5-9-17)22(23)19-10-6-3-7-11-19/h2-15H,1H3,(H,24,25). The number of carbonyl (C=O) groups is 1. The molecule has 0 aliphatic carbocycles. The van der Waals surface area contributed by atoms with Crippen LogP contribution in [0.2, 0.25) is 0 Å². The third-order valence-corrected chi connectivity index (χ3v) is 4.21. The van der Waals surface area contributed by atoms with Crippen molar-refractivity contribution in [3.8, 4) is 0 Å². The summed E-state index contributed by atoms with van der Waals surface area (Å²) in [4.78, 5) is 11.2. The lowest BCUT2D eigenvalue weighted by molar-refractivity contribution is -0.114. The lowest BCUT2D eigenvalue weighted by Gasteiger charge is -2.13. The van der Waals surface area contributed by atoms with Gasteiger partial charge in [-0.05, 0) is 28.8 Å². The summed E-state index contributed by atoms with van der Waals surface area (Å²) < 4.78 is 0. The molecule has 2 nitrogen and oxygen atoms in total. The van der Waals surface area contributed by atoms with E-state index >= 15 is 0 Å². The molecule has 1 N–H and O–H groups in total. The van der Waals surface area contributed by atoms with Crippen molar-refractivity contribution in [3.63, 3.8) is 0 Å². The van der Waals surface area contributed by atoms with Gasteiger partial charge < -0.3 is 5.32 Å². The van der Waals surface area contributed by atoms with Gasteiger partial charge in [-0.1, -0.05) is 84.4 Å². The predicted molar refractivity (Wildman–Crippen MR) is 105 cm³/mol. The van der Waals surface area contributed by atoms with E-state index in [-0.39, 0.29) is 5.91 Å². The summed E-state index contributed by atoms with van der Waals surface area (Å²) in [5.74, 6) is -0.0890. The smallest absolute Gasteiger partial charge is 0.221 e. The Labute approximate surface area is 152 Å². The summed E-state index contributed by atoms with van der Waals surface area (Å²) in [6.45, 7) is 1.50. The molecule has 0 heterocycles. The molecule has 3 aromatic rings. The monoisotopic (exact) mass is 347 g/mol. The van der Waals surface area contributed by atoms with E-state index in [0.717, 1.165) is 28.0 Å². The molecule has 0 spiro atoms. The summed E-state index contributed by atoms with van der Waals surface area (Å²) in [5, 5.41) is 3.48. The number of anilines is 1. The van der Waals surface area contributed by atoms with E-state index in [4.69, 9.17) is 11.6 Å². The van der Waals surface area contributed by atoms with Crippen LogP contribution in [0, 0.1) is 0 Å². The molecule has 0 atom stereocenters. The van der Waals surface area contributed by atoms with Gasteiger partial charge in [0.05, 0.1) is 5.03 Å². The molecule has 25 heavy (non-hydrogen) atoms. The molecule has 0 fully saturated rings. The summed E-state index contributed by atoms with van der Waals surface area (Å²) in [5.41, 5.74) is 4.73. The summed E-state index contributed by atoms with van der Waals surface area (Å²) >= 11 is 6.78. The van der Waals surface area contributed by atoms with Gasteiger partial charge in [0.25, 0.3) is 0 Å². The molecule has 0 bridgehead atoms. The Balaban J connectivity index is 2.11. The topological polar surface area (TPSA) is 29.1 Å². The van der Waals surface area contributed by atoms with Crippen molar-refractivity contribution in [2.45, 2.75) is 6.92 Å². The zero-order chi connectivity index (χ0) is 17.6. The number of amides is 1. The molecule has 0 saturated heterocycles. The van der Waals surface area contributed by atoms with E-state index in [1.165, 1.54) is 6.92 Å². The number of carbonyl (C=O) groups excluding carboxylic acids is 1. The minimum Gasteiger partial charge on any atom is -0.326 e. The maximum Gasteiger partial charge on any atom is 0.221 e. The maximum absolute atomic E-state index is 11.2. The maximum atomic E-state index is 11.2. The average Bonchev–Trinajstić information content (AvgIpc) is 2.64. The second-order valence-corrected chi connectivity index (χ2v) is 6.06. The van der Waals surface area contributed by atoms with Crippen molar-refractivity contribution in [2.75, 3.05) is 5.32 Å². The number of halogens is 1. The Kier molecular flexibility index (Phi) is 5.32. The largest absolute Gasteiger partial charge is 0.326 e. The molecule has 124 valence electrons. The second kappa shape index (κ2) is 7.82. The summed E-state index contributed by atoms with van der Waals surface area (Å²) in [6.07, 6.45) is 0. The Morgan fingerprint density at radius 1 is 0.720 bits per heavy atom. The number of benzene rings is 3. The molecule has 0 unspecified atom stereocenters. The van der Waals surface area contributed by atoms with Crippen molar-refractivity contribution >= 4 is 33.8 Å². The Hall–Kier alpha value is -2.84. The van der Waals surface area contributed by atoms with Crippen LogP contribution in [-0.4, -0.2) is 5.91 Å². The highest BCUT2D eigenvalue weighted by molar-refractivity contribution is 6.53. The fourth-order valence-corrected chi connectivity index (χ4v) is 3.02. The van der Waals surface area contributed by atoms with E-state index in [1.54, 1.807) is 0 Å². The average molecular weight is 348 g/mol. The number of rotatable bonds is 4. The van der Waals surface area contributed by atoms with Crippen molar-refractivity contribution in [3.05, 3.63) is 102 Å². The van der Waals surface area contributed by atoms with Crippen molar-refractivity contribution in [2.24, 2.45) is 0 Å². The molecule has 0 saturated carbocycles. The van der Waals surface area contributed by atoms with E-state index in [9.17, 15) is 4.79 Å². The number of hydrogen-bond acceptors (Lipinski definition) is 1. The lowest BCUT2D eigenvalue weighted by Crippen LogP contribution is -2.05. The summed E-state index contributed by atoms with van der Waals surface area (Å²) in [6, 6.07) is 27.7. The molecular weight excluding hydrogens is 330 g/mol. The first-order valence-electron chi connectivity index (χ1n) is 8.04. The highest BCUT2D eigenvalue weighted by Crippen LogP contribution is 2.35. The van der Waals surface area contributed by atoms with Crippen LogP contribution >= 0.6 is 11.6 Å². The quantitative estimate of drug-likeness (QED) is 0.594. The van der Waals surface area contributed by atoms with Gasteiger partial charge in [-0.2, -0.15) is 0 Å². The van der Waals surface area contributed by atoms with Crippen LogP contribution in [-0.2, 0) is 4.79 Å². The second-order valence-electron chi connectivity index (χ2n) is 5.68. The van der Waals surface area contributed by atoms with Crippen LogP contribution in [0.15, 0.2) is 84.9 Å². The first-order valence-corrected chi connectivity index (χ1v) is 8.41. The van der Waals surface area contributed by atoms with Gasteiger partial charge in [0, 0.05) is 18.2 Å². The minimum atomic E-state index is -0.0890. The zero-order valence-electron chi connectivity index (χ0n) is 13.9. The van der Waals surface area contributed by atoms with Gasteiger partial charge in [0.15, 0.2) is 0 Å². The van der Waals surface area contributed by atoms with Crippen molar-refractivity contribution in [1.82, 2.24) is 0 Å². The van der Waals surface area contributed by atoms with Crippen LogP contribution < -0.4 is 5.32 Å². The molecule has 0 aliphatic rings. The Morgan fingerprint density at radius 3 is 1.72 bits per heavy atom. The van der Waals surface area contributed by atoms with Crippen molar-refractivity contribution < 1.29 is 4.79 Å². The van der Waals surface area contributed by atoms with Crippen LogP contribution in [0.1, 0.15) is 23.6 Å². The highest BCUT2D eigenvalue weighted by atomic mass is 35.5. The fraction of sp³-hybridized carbons (Fsp3) is 0.0455. The first kappa shape index (κ1) is 17.0. The molecule has 0 aromatic heterocycles. The first-order chi connectivity index (χ1) is 12.1. The van der Waals surface area contributed by atoms with Gasteiger partial charge in [-0.3, -0.25) is 4.79 Å². The van der Waals surface area contributed by atoms with Gasteiger partial charge in [-0.25, -0.2) is 0 Å². The summed E-state index contributed by atoms with van der Waals surface area (Å²) in [7, 11) is 0. The third-order valence-electron chi connectivity index (χ3n) is 3.80. The molecular formula is C22H18ClNO. The minimum absolute atomic E-state index is 0.0890. The third kappa shape index (κ3) is 4.17. The fourth-order valence-electron chi connectivity index (χ4n) is 2.68. The number of nitrogens with one attached hydrogen (secondary N) is 1. The van der Waals surface area contributed by atoms with Gasteiger partial charge >= 0.3 is 0 Å². The van der Waals surface area contributed by atoms with Gasteiger partial charge in [0.2, 0.25) is 5.91 Å². The zero-order valence-corrected chi connectivity index (χ0v) is 14.6. The van der Waals surface area contributed by atoms with Crippen LogP contribution in [0.25, 0.3) is 10.6 Å². The molecule has 0 aliphatic heterocycles. The van der Waals surface area contributed by atoms with Crippen molar-refractivity contribution in [1.29, 1.82) is 0 Å². The lowest BCUT2D eigenvalue weighted by atomic mass is 9.95. The van der Waals surface area contributed by atoms with Crippen LogP contribution in [0.5, 0.6) is 0 Å². The molecule has 1 amide bonds. The molecule has 3 heteroatoms. The van der Waals surface area contributed by atoms with Gasteiger partial charge in [0.1, 0.15) is 0 Å². The molecule has 0 radical (unpaired) electrons. The van der Waals surface area contributed by atoms with E-state index in [2.05, 4.69) is 5.32 Å². The van der Waals surface area contributed by atoms with Crippen LogP contribution in [0.3, 0.4) is 0 Å². The highest BCUT2D eigenvalue weighted by Gasteiger charge is 2.12. The van der Waals surface area contributed by atoms with E-state index < -0.39 is 0 Å².